The third kappa shape index (κ3) is 1.67. The van der Waals surface area contributed by atoms with Crippen LogP contribution in [0.1, 0.15) is 22.3 Å². The van der Waals surface area contributed by atoms with Crippen molar-refractivity contribution in [3.63, 3.8) is 0 Å². The Kier molecular flexibility index (Phi) is 2.59. The van der Waals surface area contributed by atoms with Crippen LogP contribution in [0.5, 0.6) is 0 Å². The van der Waals surface area contributed by atoms with E-state index in [4.69, 9.17) is 6.42 Å². The van der Waals surface area contributed by atoms with Crippen molar-refractivity contribution in [3.05, 3.63) is 76.9 Å². The zero-order valence-corrected chi connectivity index (χ0v) is 9.93. The van der Waals surface area contributed by atoms with Crippen molar-refractivity contribution in [2.75, 3.05) is 0 Å². The van der Waals surface area contributed by atoms with Crippen LogP contribution in [0.2, 0.25) is 0 Å². The fourth-order valence-corrected chi connectivity index (χ4v) is 2.34. The predicted octanol–water partition coefficient (Wildman–Crippen LogP) is 4.24. The molecular formula is C18H12. The van der Waals surface area contributed by atoms with Crippen molar-refractivity contribution in [3.8, 4) is 12.3 Å². The summed E-state index contributed by atoms with van der Waals surface area (Å²) in [5, 5.41) is 0. The molecule has 0 saturated heterocycles. The molecule has 0 nitrogen and oxygen atoms in total. The highest BCUT2D eigenvalue weighted by atomic mass is 14.2. The molecule has 0 radical (unpaired) electrons. The summed E-state index contributed by atoms with van der Waals surface area (Å²) < 4.78 is 0. The number of hydrogen-bond acceptors (Lipinski definition) is 0. The number of allylic oxidation sites excluding steroid dienone is 1. The number of fused-ring (bicyclic) bond motifs is 2. The lowest BCUT2D eigenvalue weighted by molar-refractivity contribution is 1.53. The van der Waals surface area contributed by atoms with E-state index in [2.05, 4.69) is 42.3 Å². The Labute approximate surface area is 107 Å². The second-order valence-electron chi connectivity index (χ2n) is 4.23. The second-order valence-corrected chi connectivity index (χ2v) is 4.23. The zero-order chi connectivity index (χ0) is 12.4. The summed E-state index contributed by atoms with van der Waals surface area (Å²) in [4.78, 5) is 0. The average Bonchev–Trinajstić information content (AvgIpc) is 2.58. The molecule has 0 bridgehead atoms. The summed E-state index contributed by atoms with van der Waals surface area (Å²) in [6.45, 7) is 0. The van der Waals surface area contributed by atoms with Crippen LogP contribution in [-0.2, 0) is 0 Å². The molecule has 0 aliphatic heterocycles. The van der Waals surface area contributed by atoms with Crippen molar-refractivity contribution in [2.24, 2.45) is 0 Å². The molecule has 1 aliphatic carbocycles. The minimum absolute atomic E-state index is 1.12. The van der Waals surface area contributed by atoms with Gasteiger partial charge in [-0.15, -0.1) is 6.42 Å². The Morgan fingerprint density at radius 2 is 1.28 bits per heavy atom. The van der Waals surface area contributed by atoms with Crippen molar-refractivity contribution < 1.29 is 0 Å². The van der Waals surface area contributed by atoms with Gasteiger partial charge in [-0.3, -0.25) is 0 Å². The fourth-order valence-electron chi connectivity index (χ4n) is 2.34. The van der Waals surface area contributed by atoms with Gasteiger partial charge in [-0.05, 0) is 33.9 Å². The van der Waals surface area contributed by atoms with E-state index in [1.807, 2.05) is 30.3 Å². The maximum absolute atomic E-state index is 5.48. The lowest BCUT2D eigenvalue weighted by atomic mass is 9.93. The number of hydrogen-bond donors (Lipinski definition) is 0. The summed E-state index contributed by atoms with van der Waals surface area (Å²) in [6, 6.07) is 16.6. The molecule has 0 saturated carbocycles. The first-order valence-corrected chi connectivity index (χ1v) is 5.93. The molecule has 3 rings (SSSR count). The highest BCUT2D eigenvalue weighted by Crippen LogP contribution is 2.33. The van der Waals surface area contributed by atoms with Crippen LogP contribution in [0.15, 0.2) is 54.6 Å². The van der Waals surface area contributed by atoms with E-state index in [0.717, 1.165) is 5.57 Å². The maximum Gasteiger partial charge on any atom is -0.00159 e. The lowest BCUT2D eigenvalue weighted by Gasteiger charge is -2.10. The fraction of sp³-hybridized carbons (Fsp3) is 0. The first-order chi connectivity index (χ1) is 8.90. The van der Waals surface area contributed by atoms with E-state index in [1.54, 1.807) is 0 Å². The highest BCUT2D eigenvalue weighted by molar-refractivity contribution is 5.94. The highest BCUT2D eigenvalue weighted by Gasteiger charge is 2.13. The molecule has 0 heterocycles. The van der Waals surface area contributed by atoms with Crippen LogP contribution in [-0.4, -0.2) is 0 Å². The maximum atomic E-state index is 5.48. The lowest BCUT2D eigenvalue weighted by Crippen LogP contribution is -1.91. The van der Waals surface area contributed by atoms with Gasteiger partial charge >= 0.3 is 0 Å². The van der Waals surface area contributed by atoms with Gasteiger partial charge in [0, 0.05) is 0 Å². The molecule has 0 fully saturated rings. The van der Waals surface area contributed by atoms with Gasteiger partial charge < -0.3 is 0 Å². The normalized spacial score (nSPS) is 12.1. The van der Waals surface area contributed by atoms with Crippen LogP contribution < -0.4 is 0 Å². The van der Waals surface area contributed by atoms with E-state index < -0.39 is 0 Å². The SMILES string of the molecule is C#CC=C1c2ccccc2C=Cc2ccccc21. The van der Waals surface area contributed by atoms with Crippen LogP contribution in [0.25, 0.3) is 17.7 Å². The second kappa shape index (κ2) is 4.39. The Hall–Kier alpha value is -2.52. The van der Waals surface area contributed by atoms with E-state index in [0.29, 0.717) is 0 Å². The van der Waals surface area contributed by atoms with Gasteiger partial charge in [0.15, 0.2) is 0 Å². The van der Waals surface area contributed by atoms with E-state index in [1.165, 1.54) is 22.3 Å². The van der Waals surface area contributed by atoms with Gasteiger partial charge in [-0.25, -0.2) is 0 Å². The summed E-state index contributed by atoms with van der Waals surface area (Å²) in [5.74, 6) is 2.66. The molecule has 0 unspecified atom stereocenters. The first-order valence-electron chi connectivity index (χ1n) is 5.93. The molecule has 0 atom stereocenters. The van der Waals surface area contributed by atoms with Crippen molar-refractivity contribution in [1.29, 1.82) is 0 Å². The van der Waals surface area contributed by atoms with E-state index in [9.17, 15) is 0 Å². The zero-order valence-electron chi connectivity index (χ0n) is 9.93. The molecule has 0 heteroatoms. The van der Waals surface area contributed by atoms with Gasteiger partial charge in [-0.2, -0.15) is 0 Å². The molecule has 18 heavy (non-hydrogen) atoms. The Morgan fingerprint density at radius 3 is 1.78 bits per heavy atom. The standard InChI is InChI=1S/C18H12/c1-2-7-18-16-10-5-3-8-14(16)12-13-15-9-4-6-11-17(15)18/h1,3-13H. The predicted molar refractivity (Wildman–Crippen MR) is 77.7 cm³/mol. The van der Waals surface area contributed by atoms with E-state index >= 15 is 0 Å². The van der Waals surface area contributed by atoms with Gasteiger partial charge in [-0.1, -0.05) is 66.6 Å². The molecule has 0 aromatic heterocycles. The Morgan fingerprint density at radius 1 is 0.778 bits per heavy atom. The summed E-state index contributed by atoms with van der Waals surface area (Å²) in [7, 11) is 0. The van der Waals surface area contributed by atoms with E-state index in [-0.39, 0.29) is 0 Å². The first kappa shape index (κ1) is 10.6. The van der Waals surface area contributed by atoms with Crippen LogP contribution in [0.4, 0.5) is 0 Å². The number of rotatable bonds is 0. The minimum Gasteiger partial charge on any atom is -0.115 e. The third-order valence-corrected chi connectivity index (χ3v) is 3.17. The summed E-state index contributed by atoms with van der Waals surface area (Å²) in [6.07, 6.45) is 11.6. The molecule has 0 N–H and O–H groups in total. The molecular weight excluding hydrogens is 216 g/mol. The van der Waals surface area contributed by atoms with Crippen LogP contribution in [0.3, 0.4) is 0 Å². The molecule has 1 aliphatic rings. The number of benzene rings is 2. The van der Waals surface area contributed by atoms with Crippen molar-refractivity contribution >= 4 is 17.7 Å². The Balaban J connectivity index is 2.35. The smallest absolute Gasteiger partial charge is 0.00159 e. The third-order valence-electron chi connectivity index (χ3n) is 3.17. The molecule has 0 amide bonds. The van der Waals surface area contributed by atoms with Crippen molar-refractivity contribution in [1.82, 2.24) is 0 Å². The van der Waals surface area contributed by atoms with Crippen LogP contribution in [0, 0.1) is 12.3 Å². The van der Waals surface area contributed by atoms with Crippen molar-refractivity contribution in [2.45, 2.75) is 0 Å². The Bertz CT molecular complexity index is 642. The molecule has 2 aromatic carbocycles. The summed E-state index contributed by atoms with van der Waals surface area (Å²) >= 11 is 0. The van der Waals surface area contributed by atoms with Gasteiger partial charge in [0.2, 0.25) is 0 Å². The topological polar surface area (TPSA) is 0 Å². The van der Waals surface area contributed by atoms with Gasteiger partial charge in [0.1, 0.15) is 0 Å². The number of terminal acetylenes is 1. The van der Waals surface area contributed by atoms with Gasteiger partial charge in [0.25, 0.3) is 0 Å². The quantitative estimate of drug-likeness (QED) is 0.505. The minimum atomic E-state index is 1.12. The average molecular weight is 228 g/mol. The molecule has 84 valence electrons. The largest absolute Gasteiger partial charge is 0.115 e. The van der Waals surface area contributed by atoms with Crippen LogP contribution >= 0.6 is 0 Å². The van der Waals surface area contributed by atoms with Gasteiger partial charge in [0.05, 0.1) is 0 Å². The molecule has 2 aromatic rings. The monoisotopic (exact) mass is 228 g/mol. The summed E-state index contributed by atoms with van der Waals surface area (Å²) in [5.41, 5.74) is 5.91. The molecule has 0 spiro atoms.